The van der Waals surface area contributed by atoms with E-state index in [0.717, 1.165) is 0 Å². The van der Waals surface area contributed by atoms with Crippen molar-refractivity contribution in [2.24, 2.45) is 5.73 Å². The Hall–Kier alpha value is -1.59. The second kappa shape index (κ2) is 6.03. The zero-order valence-corrected chi connectivity index (χ0v) is 13.5. The van der Waals surface area contributed by atoms with Crippen LogP contribution in [0.5, 0.6) is 0 Å². The van der Waals surface area contributed by atoms with Crippen LogP contribution in [0.2, 0.25) is 5.02 Å². The van der Waals surface area contributed by atoms with Gasteiger partial charge in [0.25, 0.3) is 0 Å². The van der Waals surface area contributed by atoms with Crippen LogP contribution >= 0.6 is 27.5 Å². The maximum absolute atomic E-state index is 14.2. The summed E-state index contributed by atoms with van der Waals surface area (Å²) in [6, 6.07) is 11.3. The van der Waals surface area contributed by atoms with Crippen molar-refractivity contribution in [3.63, 3.8) is 0 Å². The molecule has 0 bridgehead atoms. The van der Waals surface area contributed by atoms with Gasteiger partial charge in [0.05, 0.1) is 10.7 Å². The van der Waals surface area contributed by atoms with E-state index in [0.29, 0.717) is 15.2 Å². The summed E-state index contributed by atoms with van der Waals surface area (Å²) in [7, 11) is 0. The summed E-state index contributed by atoms with van der Waals surface area (Å²) in [5.74, 6) is -1.24. The number of carbonyl (C=O) groups is 1. The van der Waals surface area contributed by atoms with Gasteiger partial charge in [0.15, 0.2) is 0 Å². The molecular weight excluding hydrogens is 359 g/mol. The van der Waals surface area contributed by atoms with Crippen molar-refractivity contribution in [2.75, 3.05) is 5.32 Å². The van der Waals surface area contributed by atoms with Crippen LogP contribution in [0.1, 0.15) is 12.5 Å². The Morgan fingerprint density at radius 2 is 2.00 bits per heavy atom. The van der Waals surface area contributed by atoms with Crippen LogP contribution in [0.3, 0.4) is 0 Å². The molecule has 110 valence electrons. The summed E-state index contributed by atoms with van der Waals surface area (Å²) < 4.78 is 14.8. The maximum atomic E-state index is 14.2. The third kappa shape index (κ3) is 3.19. The average Bonchev–Trinajstić information content (AvgIpc) is 2.41. The van der Waals surface area contributed by atoms with Crippen molar-refractivity contribution >= 4 is 39.1 Å². The van der Waals surface area contributed by atoms with E-state index < -0.39 is 17.3 Å². The molecule has 0 saturated heterocycles. The largest absolute Gasteiger partial charge is 0.367 e. The summed E-state index contributed by atoms with van der Waals surface area (Å²) in [5, 5.41) is 3.36. The first-order valence-corrected chi connectivity index (χ1v) is 7.30. The molecule has 21 heavy (non-hydrogen) atoms. The zero-order chi connectivity index (χ0) is 15.6. The number of nitrogens with two attached hydrogens (primary N) is 1. The van der Waals surface area contributed by atoms with Crippen LogP contribution in [0.15, 0.2) is 46.9 Å². The number of halogens is 3. The van der Waals surface area contributed by atoms with Crippen LogP contribution in [-0.4, -0.2) is 5.91 Å². The Morgan fingerprint density at radius 1 is 1.33 bits per heavy atom. The fourth-order valence-corrected chi connectivity index (χ4v) is 2.50. The number of primary amides is 1. The van der Waals surface area contributed by atoms with Crippen molar-refractivity contribution in [2.45, 2.75) is 12.5 Å². The molecule has 0 aromatic heterocycles. The second-order valence-corrected chi connectivity index (χ2v) is 6.04. The van der Waals surface area contributed by atoms with Gasteiger partial charge in [0.2, 0.25) is 5.91 Å². The van der Waals surface area contributed by atoms with Gasteiger partial charge in [-0.25, -0.2) is 4.39 Å². The molecule has 0 spiro atoms. The molecule has 0 aliphatic heterocycles. The number of hydrogen-bond acceptors (Lipinski definition) is 2. The van der Waals surface area contributed by atoms with Crippen molar-refractivity contribution in [3.8, 4) is 0 Å². The molecule has 0 saturated carbocycles. The van der Waals surface area contributed by atoms with Gasteiger partial charge in [-0.05, 0) is 31.2 Å². The Bertz CT molecular complexity index is 695. The maximum Gasteiger partial charge on any atom is 0.247 e. The lowest BCUT2D eigenvalue weighted by Gasteiger charge is -2.30. The first kappa shape index (κ1) is 15.8. The molecule has 0 aliphatic carbocycles. The summed E-state index contributed by atoms with van der Waals surface area (Å²) in [5.41, 5.74) is 4.72. The molecule has 0 fully saturated rings. The van der Waals surface area contributed by atoms with Crippen LogP contribution in [0.25, 0.3) is 0 Å². The molecule has 2 aromatic rings. The molecule has 1 unspecified atom stereocenters. The highest BCUT2D eigenvalue weighted by atomic mass is 79.9. The lowest BCUT2D eigenvalue weighted by molar-refractivity contribution is -0.122. The highest BCUT2D eigenvalue weighted by molar-refractivity contribution is 9.10. The number of carbonyl (C=O) groups excluding carboxylic acids is 1. The number of para-hydroxylation sites is 1. The monoisotopic (exact) mass is 370 g/mol. The Morgan fingerprint density at radius 3 is 2.57 bits per heavy atom. The number of anilines is 1. The van der Waals surface area contributed by atoms with Crippen LogP contribution in [0.4, 0.5) is 10.1 Å². The topological polar surface area (TPSA) is 55.1 Å². The quantitative estimate of drug-likeness (QED) is 0.852. The third-order valence-electron chi connectivity index (χ3n) is 3.22. The molecule has 6 heteroatoms. The summed E-state index contributed by atoms with van der Waals surface area (Å²) in [6.45, 7) is 1.52. The highest BCUT2D eigenvalue weighted by Gasteiger charge is 2.36. The summed E-state index contributed by atoms with van der Waals surface area (Å²) >= 11 is 9.25. The minimum absolute atomic E-state index is 0.151. The Labute approximate surface area is 135 Å². The van der Waals surface area contributed by atoms with E-state index in [1.807, 2.05) is 0 Å². The summed E-state index contributed by atoms with van der Waals surface area (Å²) in [6.07, 6.45) is 0. The first-order chi connectivity index (χ1) is 9.84. The van der Waals surface area contributed by atoms with Gasteiger partial charge in [-0.15, -0.1) is 0 Å². The van der Waals surface area contributed by atoms with Gasteiger partial charge in [0.1, 0.15) is 11.4 Å². The number of rotatable bonds is 4. The van der Waals surface area contributed by atoms with Crippen LogP contribution in [-0.2, 0) is 10.3 Å². The molecule has 3 N–H and O–H groups in total. The van der Waals surface area contributed by atoms with Crippen molar-refractivity contribution in [1.29, 1.82) is 0 Å². The van der Waals surface area contributed by atoms with E-state index >= 15 is 0 Å². The minimum atomic E-state index is -1.42. The van der Waals surface area contributed by atoms with Crippen molar-refractivity contribution < 1.29 is 9.18 Å². The minimum Gasteiger partial charge on any atom is -0.367 e. The lowest BCUT2D eigenvalue weighted by Crippen LogP contribution is -2.45. The van der Waals surface area contributed by atoms with Crippen LogP contribution < -0.4 is 11.1 Å². The first-order valence-electron chi connectivity index (χ1n) is 6.13. The molecule has 2 aromatic carbocycles. The average molecular weight is 372 g/mol. The number of amides is 1. The van der Waals surface area contributed by atoms with E-state index in [9.17, 15) is 9.18 Å². The predicted octanol–water partition coefficient (Wildman–Crippen LogP) is 4.05. The van der Waals surface area contributed by atoms with Gasteiger partial charge >= 0.3 is 0 Å². The second-order valence-electron chi connectivity index (χ2n) is 4.72. The van der Waals surface area contributed by atoms with E-state index in [-0.39, 0.29) is 5.56 Å². The highest BCUT2D eigenvalue weighted by Crippen LogP contribution is 2.32. The summed E-state index contributed by atoms with van der Waals surface area (Å²) in [4.78, 5) is 11.9. The number of benzene rings is 2. The van der Waals surface area contributed by atoms with Gasteiger partial charge in [-0.1, -0.05) is 45.7 Å². The molecule has 0 heterocycles. The molecule has 3 nitrogen and oxygen atoms in total. The normalized spacial score (nSPS) is 13.5. The van der Waals surface area contributed by atoms with E-state index in [2.05, 4.69) is 21.2 Å². The molecule has 1 atom stereocenters. The molecule has 0 aliphatic rings. The van der Waals surface area contributed by atoms with Crippen molar-refractivity contribution in [1.82, 2.24) is 0 Å². The standard InChI is InChI=1S/C15H13BrClFN2O/c1-15(14(19)21,10-7-6-9(16)8-12(10)18)20-13-5-3-2-4-11(13)17/h2-8,20H,1H3,(H2,19,21). The SMILES string of the molecule is CC(Nc1ccccc1Cl)(C(N)=O)c1ccc(Br)cc1F. The molecule has 0 radical (unpaired) electrons. The molecular formula is C15H13BrClFN2O. The van der Waals surface area contributed by atoms with Gasteiger partial charge in [-0.2, -0.15) is 0 Å². The molecule has 2 rings (SSSR count). The number of hydrogen-bond donors (Lipinski definition) is 2. The van der Waals surface area contributed by atoms with Crippen molar-refractivity contribution in [3.05, 3.63) is 63.3 Å². The lowest BCUT2D eigenvalue weighted by atomic mass is 9.90. The Balaban J connectivity index is 2.51. The van der Waals surface area contributed by atoms with Gasteiger partial charge in [-0.3, -0.25) is 4.79 Å². The third-order valence-corrected chi connectivity index (χ3v) is 4.04. The fraction of sp³-hybridized carbons (Fsp3) is 0.133. The zero-order valence-electron chi connectivity index (χ0n) is 11.2. The molecule has 1 amide bonds. The Kier molecular flexibility index (Phi) is 4.54. The number of nitrogens with one attached hydrogen (secondary N) is 1. The van der Waals surface area contributed by atoms with E-state index in [1.165, 1.54) is 19.1 Å². The van der Waals surface area contributed by atoms with E-state index in [1.54, 1.807) is 30.3 Å². The smallest absolute Gasteiger partial charge is 0.247 e. The van der Waals surface area contributed by atoms with Gasteiger partial charge in [0, 0.05) is 10.0 Å². The van der Waals surface area contributed by atoms with E-state index in [4.69, 9.17) is 17.3 Å². The van der Waals surface area contributed by atoms with Crippen LogP contribution in [0, 0.1) is 5.82 Å². The predicted molar refractivity (Wildman–Crippen MR) is 85.7 cm³/mol. The van der Waals surface area contributed by atoms with Gasteiger partial charge < -0.3 is 11.1 Å². The fourth-order valence-electron chi connectivity index (χ4n) is 1.99.